The summed E-state index contributed by atoms with van der Waals surface area (Å²) >= 11 is 0. The Morgan fingerprint density at radius 3 is 2.65 bits per heavy atom. The second kappa shape index (κ2) is 7.18. The molecule has 0 saturated carbocycles. The number of ether oxygens (including phenoxy) is 1. The molecular weight excluding hydrogens is 293 g/mol. The number of nitrogens with zero attached hydrogens (tertiary/aromatic N) is 1. The van der Waals surface area contributed by atoms with Gasteiger partial charge in [-0.25, -0.2) is 4.39 Å². The highest BCUT2D eigenvalue weighted by Gasteiger charge is 2.12. The van der Waals surface area contributed by atoms with Crippen LogP contribution in [0.5, 0.6) is 5.75 Å². The van der Waals surface area contributed by atoms with Gasteiger partial charge in [-0.15, -0.1) is 0 Å². The first-order chi connectivity index (χ1) is 10.9. The molecule has 1 aromatic heterocycles. The molecule has 2 rings (SSSR count). The van der Waals surface area contributed by atoms with Crippen molar-refractivity contribution in [1.29, 1.82) is 0 Å². The molecule has 0 atom stereocenters. The van der Waals surface area contributed by atoms with Crippen LogP contribution in [0.2, 0.25) is 0 Å². The zero-order chi connectivity index (χ0) is 17.0. The molecule has 0 radical (unpaired) electrons. The van der Waals surface area contributed by atoms with Crippen molar-refractivity contribution < 1.29 is 13.9 Å². The Morgan fingerprint density at radius 1 is 1.30 bits per heavy atom. The van der Waals surface area contributed by atoms with Crippen LogP contribution in [-0.4, -0.2) is 11.0 Å². The first kappa shape index (κ1) is 16.9. The molecule has 0 amide bonds. The largest absolute Gasteiger partial charge is 0.425 e. The molecular formula is C19H20FNO2. The van der Waals surface area contributed by atoms with E-state index in [2.05, 4.69) is 11.1 Å². The number of rotatable bonds is 4. The summed E-state index contributed by atoms with van der Waals surface area (Å²) in [6.07, 6.45) is 4.62. The van der Waals surface area contributed by atoms with E-state index in [1.54, 1.807) is 25.3 Å². The van der Waals surface area contributed by atoms with Gasteiger partial charge in [0.15, 0.2) is 5.75 Å². The van der Waals surface area contributed by atoms with Gasteiger partial charge >= 0.3 is 5.97 Å². The zero-order valence-corrected chi connectivity index (χ0v) is 13.8. The van der Waals surface area contributed by atoms with Crippen LogP contribution in [0.4, 0.5) is 4.39 Å². The highest BCUT2D eigenvalue weighted by atomic mass is 19.1. The number of carbonyl (C=O) groups excluding carboxylic acids is 1. The van der Waals surface area contributed by atoms with E-state index in [1.165, 1.54) is 19.1 Å². The highest BCUT2D eigenvalue weighted by molar-refractivity contribution is 5.82. The molecule has 1 aromatic carbocycles. The molecule has 4 heteroatoms. The van der Waals surface area contributed by atoms with E-state index in [0.717, 1.165) is 28.7 Å². The summed E-state index contributed by atoms with van der Waals surface area (Å²) in [7, 11) is 0. The summed E-state index contributed by atoms with van der Waals surface area (Å²) in [5.74, 6) is -0.201. The number of carbonyl (C=O) groups is 1. The van der Waals surface area contributed by atoms with E-state index < -0.39 is 0 Å². The van der Waals surface area contributed by atoms with Crippen LogP contribution >= 0.6 is 0 Å². The molecule has 0 bridgehead atoms. The van der Waals surface area contributed by atoms with Crippen LogP contribution < -0.4 is 4.74 Å². The second-order valence-electron chi connectivity index (χ2n) is 5.39. The lowest BCUT2D eigenvalue weighted by Gasteiger charge is -2.13. The number of allylic oxidation sites excluding steroid dienone is 1. The molecule has 0 fully saturated rings. The van der Waals surface area contributed by atoms with Gasteiger partial charge in [-0.1, -0.05) is 19.1 Å². The molecule has 1 heterocycles. The Balaban J connectivity index is 2.54. The van der Waals surface area contributed by atoms with Crippen LogP contribution in [0.15, 0.2) is 36.5 Å². The SMILES string of the molecule is CC/C=C(/c1cnc(C)c(OC(C)=O)c1)c1ccc(F)cc1C. The number of benzene rings is 1. The van der Waals surface area contributed by atoms with Gasteiger partial charge in [0.25, 0.3) is 0 Å². The molecule has 0 N–H and O–H groups in total. The van der Waals surface area contributed by atoms with Gasteiger partial charge in [0.2, 0.25) is 0 Å². The van der Waals surface area contributed by atoms with Crippen molar-refractivity contribution in [2.45, 2.75) is 34.1 Å². The number of hydrogen-bond donors (Lipinski definition) is 0. The van der Waals surface area contributed by atoms with Crippen LogP contribution in [-0.2, 0) is 4.79 Å². The average Bonchev–Trinajstić information content (AvgIpc) is 2.47. The Kier molecular flexibility index (Phi) is 5.27. The van der Waals surface area contributed by atoms with Gasteiger partial charge in [0.1, 0.15) is 5.82 Å². The fourth-order valence-corrected chi connectivity index (χ4v) is 2.44. The summed E-state index contributed by atoms with van der Waals surface area (Å²) in [4.78, 5) is 15.5. The predicted octanol–water partition coefficient (Wildman–Crippen LogP) is 4.60. The Morgan fingerprint density at radius 2 is 2.04 bits per heavy atom. The van der Waals surface area contributed by atoms with Gasteiger partial charge in [0, 0.05) is 18.7 Å². The lowest BCUT2D eigenvalue weighted by atomic mass is 9.94. The fourth-order valence-electron chi connectivity index (χ4n) is 2.44. The summed E-state index contributed by atoms with van der Waals surface area (Å²) in [6.45, 7) is 7.05. The number of hydrogen-bond acceptors (Lipinski definition) is 3. The third-order valence-corrected chi connectivity index (χ3v) is 3.49. The van der Waals surface area contributed by atoms with Crippen LogP contribution in [0.3, 0.4) is 0 Å². The maximum Gasteiger partial charge on any atom is 0.308 e. The maximum absolute atomic E-state index is 13.4. The third kappa shape index (κ3) is 4.03. The van der Waals surface area contributed by atoms with Crippen molar-refractivity contribution in [2.24, 2.45) is 0 Å². The van der Waals surface area contributed by atoms with Crippen molar-refractivity contribution >= 4 is 11.5 Å². The fraction of sp³-hybridized carbons (Fsp3) is 0.263. The van der Waals surface area contributed by atoms with Crippen LogP contribution in [0.1, 0.15) is 42.7 Å². The quantitative estimate of drug-likeness (QED) is 0.774. The first-order valence-electron chi connectivity index (χ1n) is 7.54. The minimum Gasteiger partial charge on any atom is -0.425 e. The predicted molar refractivity (Wildman–Crippen MR) is 88.8 cm³/mol. The van der Waals surface area contributed by atoms with Crippen molar-refractivity contribution in [3.63, 3.8) is 0 Å². The second-order valence-corrected chi connectivity index (χ2v) is 5.39. The number of pyridine rings is 1. The topological polar surface area (TPSA) is 39.2 Å². The lowest BCUT2D eigenvalue weighted by molar-refractivity contribution is -0.131. The first-order valence-corrected chi connectivity index (χ1v) is 7.54. The normalized spacial score (nSPS) is 11.4. The van der Waals surface area contributed by atoms with Gasteiger partial charge in [-0.3, -0.25) is 9.78 Å². The molecule has 3 nitrogen and oxygen atoms in total. The van der Waals surface area contributed by atoms with Crippen LogP contribution in [0, 0.1) is 19.7 Å². The summed E-state index contributed by atoms with van der Waals surface area (Å²) in [5, 5.41) is 0. The smallest absolute Gasteiger partial charge is 0.308 e. The molecule has 2 aromatic rings. The van der Waals surface area contributed by atoms with E-state index in [9.17, 15) is 9.18 Å². The van der Waals surface area contributed by atoms with E-state index in [0.29, 0.717) is 11.4 Å². The lowest BCUT2D eigenvalue weighted by Crippen LogP contribution is -2.04. The highest BCUT2D eigenvalue weighted by Crippen LogP contribution is 2.30. The van der Waals surface area contributed by atoms with Crippen LogP contribution in [0.25, 0.3) is 5.57 Å². The van der Waals surface area contributed by atoms with E-state index in [1.807, 2.05) is 13.8 Å². The molecule has 0 unspecified atom stereocenters. The molecule has 120 valence electrons. The van der Waals surface area contributed by atoms with Crippen molar-refractivity contribution in [1.82, 2.24) is 4.98 Å². The van der Waals surface area contributed by atoms with Gasteiger partial charge < -0.3 is 4.74 Å². The minimum absolute atomic E-state index is 0.260. The molecule has 0 saturated heterocycles. The van der Waals surface area contributed by atoms with Crippen molar-refractivity contribution in [3.05, 3.63) is 64.7 Å². The number of aromatic nitrogens is 1. The van der Waals surface area contributed by atoms with Crippen molar-refractivity contribution in [3.8, 4) is 5.75 Å². The molecule has 0 aliphatic carbocycles. The Hall–Kier alpha value is -2.49. The minimum atomic E-state index is -0.383. The number of halogens is 1. The summed E-state index contributed by atoms with van der Waals surface area (Å²) in [5.41, 5.74) is 4.22. The molecule has 0 spiro atoms. The summed E-state index contributed by atoms with van der Waals surface area (Å²) in [6, 6.07) is 6.51. The average molecular weight is 313 g/mol. The molecule has 23 heavy (non-hydrogen) atoms. The third-order valence-electron chi connectivity index (χ3n) is 3.49. The zero-order valence-electron chi connectivity index (χ0n) is 13.8. The molecule has 0 aliphatic heterocycles. The standard InChI is InChI=1S/C19H20FNO2/c1-5-6-18(17-8-7-16(20)9-12(17)2)15-10-19(23-14(4)22)13(3)21-11-15/h6-11H,5H2,1-4H3/b18-6-. The van der Waals surface area contributed by atoms with E-state index in [-0.39, 0.29) is 11.8 Å². The molecule has 0 aliphatic rings. The van der Waals surface area contributed by atoms with Crippen molar-refractivity contribution in [2.75, 3.05) is 0 Å². The van der Waals surface area contributed by atoms with Gasteiger partial charge in [-0.2, -0.15) is 0 Å². The number of aryl methyl sites for hydroxylation is 2. The monoisotopic (exact) mass is 313 g/mol. The Bertz CT molecular complexity index is 766. The number of esters is 1. The van der Waals surface area contributed by atoms with Gasteiger partial charge in [0.05, 0.1) is 5.69 Å². The Labute approximate surface area is 135 Å². The van der Waals surface area contributed by atoms with E-state index >= 15 is 0 Å². The van der Waals surface area contributed by atoms with E-state index in [4.69, 9.17) is 4.74 Å². The summed E-state index contributed by atoms with van der Waals surface area (Å²) < 4.78 is 18.6. The van der Waals surface area contributed by atoms with Gasteiger partial charge in [-0.05, 0) is 55.2 Å². The maximum atomic E-state index is 13.4.